The Morgan fingerprint density at radius 1 is 1.39 bits per heavy atom. The minimum absolute atomic E-state index is 0.0503. The highest BCUT2D eigenvalue weighted by Crippen LogP contribution is 2.14. The number of rotatable bonds is 5. The van der Waals surface area contributed by atoms with Gasteiger partial charge in [-0.05, 0) is 44.0 Å². The summed E-state index contributed by atoms with van der Waals surface area (Å²) in [7, 11) is 0. The van der Waals surface area contributed by atoms with Crippen LogP contribution in [0.4, 0.5) is 0 Å². The first-order valence-electron chi connectivity index (χ1n) is 6.21. The molecule has 3 nitrogen and oxygen atoms in total. The molecule has 0 aliphatic rings. The molecule has 0 bridgehead atoms. The molecule has 1 aromatic carbocycles. The van der Waals surface area contributed by atoms with E-state index in [4.69, 9.17) is 9.84 Å². The number of ether oxygens (including phenoxy) is 1. The Morgan fingerprint density at radius 3 is 2.56 bits per heavy atom. The van der Waals surface area contributed by atoms with Gasteiger partial charge in [0.2, 0.25) is 0 Å². The second kappa shape index (κ2) is 6.84. The number of aromatic hydroxyl groups is 1. The molecule has 0 aliphatic carbocycles. The molecule has 1 atom stereocenters. The van der Waals surface area contributed by atoms with Crippen LogP contribution in [0.15, 0.2) is 29.8 Å². The molecule has 0 aliphatic heterocycles. The summed E-state index contributed by atoms with van der Waals surface area (Å²) < 4.78 is 5.29. The van der Waals surface area contributed by atoms with E-state index in [9.17, 15) is 4.79 Å². The van der Waals surface area contributed by atoms with Gasteiger partial charge in [0.15, 0.2) is 0 Å². The largest absolute Gasteiger partial charge is 0.508 e. The lowest BCUT2D eigenvalue weighted by atomic mass is 10.1. The highest BCUT2D eigenvalue weighted by Gasteiger charge is 2.10. The Labute approximate surface area is 108 Å². The first-order chi connectivity index (χ1) is 8.52. The lowest BCUT2D eigenvalue weighted by molar-refractivity contribution is -0.143. The van der Waals surface area contributed by atoms with Crippen molar-refractivity contribution in [2.45, 2.75) is 39.7 Å². The van der Waals surface area contributed by atoms with Crippen LogP contribution >= 0.6 is 0 Å². The molecule has 18 heavy (non-hydrogen) atoms. The Hall–Kier alpha value is -1.77. The number of esters is 1. The van der Waals surface area contributed by atoms with E-state index in [1.165, 1.54) is 0 Å². The van der Waals surface area contributed by atoms with Crippen molar-refractivity contribution in [2.24, 2.45) is 0 Å². The number of benzene rings is 1. The van der Waals surface area contributed by atoms with Gasteiger partial charge in [-0.25, -0.2) is 4.79 Å². The zero-order chi connectivity index (χ0) is 13.5. The summed E-state index contributed by atoms with van der Waals surface area (Å²) in [5.74, 6) is -0.0760. The maximum atomic E-state index is 11.8. The van der Waals surface area contributed by atoms with Gasteiger partial charge >= 0.3 is 5.97 Å². The van der Waals surface area contributed by atoms with Crippen molar-refractivity contribution in [3.05, 3.63) is 35.4 Å². The van der Waals surface area contributed by atoms with Crippen LogP contribution in [0.25, 0.3) is 6.08 Å². The third-order valence-electron chi connectivity index (χ3n) is 2.60. The molecule has 0 saturated heterocycles. The lowest BCUT2D eigenvalue weighted by Crippen LogP contribution is -2.15. The second-order valence-corrected chi connectivity index (χ2v) is 4.42. The van der Waals surface area contributed by atoms with Crippen LogP contribution in [-0.2, 0) is 9.53 Å². The maximum Gasteiger partial charge on any atom is 0.333 e. The molecule has 0 saturated carbocycles. The summed E-state index contributed by atoms with van der Waals surface area (Å²) in [6.07, 6.45) is 3.57. The van der Waals surface area contributed by atoms with Crippen LogP contribution in [0, 0.1) is 0 Å². The van der Waals surface area contributed by atoms with E-state index in [0.717, 1.165) is 18.4 Å². The van der Waals surface area contributed by atoms with Gasteiger partial charge < -0.3 is 9.84 Å². The van der Waals surface area contributed by atoms with Gasteiger partial charge in [-0.15, -0.1) is 0 Å². The normalized spacial score (nSPS) is 13.2. The zero-order valence-corrected chi connectivity index (χ0v) is 11.1. The average Bonchev–Trinajstić information content (AvgIpc) is 2.32. The van der Waals surface area contributed by atoms with Crippen molar-refractivity contribution in [3.63, 3.8) is 0 Å². The monoisotopic (exact) mass is 248 g/mol. The quantitative estimate of drug-likeness (QED) is 0.640. The van der Waals surface area contributed by atoms with Crippen LogP contribution in [-0.4, -0.2) is 17.2 Å². The summed E-state index contributed by atoms with van der Waals surface area (Å²) >= 11 is 0. The van der Waals surface area contributed by atoms with Crippen LogP contribution in [0.3, 0.4) is 0 Å². The fourth-order valence-electron chi connectivity index (χ4n) is 1.62. The fourth-order valence-corrected chi connectivity index (χ4v) is 1.62. The van der Waals surface area contributed by atoms with E-state index < -0.39 is 0 Å². The summed E-state index contributed by atoms with van der Waals surface area (Å²) in [4.78, 5) is 11.8. The lowest BCUT2D eigenvalue weighted by Gasteiger charge is -2.12. The van der Waals surface area contributed by atoms with E-state index >= 15 is 0 Å². The predicted molar refractivity (Wildman–Crippen MR) is 72.2 cm³/mol. The molecule has 0 radical (unpaired) electrons. The van der Waals surface area contributed by atoms with Crippen LogP contribution in [0.5, 0.6) is 5.75 Å². The smallest absolute Gasteiger partial charge is 0.333 e. The molecular formula is C15H20O3. The van der Waals surface area contributed by atoms with E-state index in [0.29, 0.717) is 5.57 Å². The Morgan fingerprint density at radius 2 is 2.00 bits per heavy atom. The molecule has 1 unspecified atom stereocenters. The molecule has 3 heteroatoms. The van der Waals surface area contributed by atoms with Crippen molar-refractivity contribution >= 4 is 12.0 Å². The Bertz CT molecular complexity index is 418. The van der Waals surface area contributed by atoms with E-state index in [1.807, 2.05) is 6.92 Å². The zero-order valence-electron chi connectivity index (χ0n) is 11.1. The standard InChI is InChI=1S/C15H20O3/c1-4-5-12(3)18-15(17)11(2)10-13-6-8-14(16)9-7-13/h6-10,12,16H,4-5H2,1-3H3/b11-10+. The predicted octanol–water partition coefficient (Wildman–Crippen LogP) is 3.53. The van der Waals surface area contributed by atoms with Gasteiger partial charge in [0.05, 0.1) is 6.10 Å². The molecule has 0 aromatic heterocycles. The SMILES string of the molecule is CCCC(C)OC(=O)/C(C)=C/c1ccc(O)cc1. The summed E-state index contributed by atoms with van der Waals surface area (Å²) in [5.41, 5.74) is 1.43. The van der Waals surface area contributed by atoms with Crippen molar-refractivity contribution in [1.82, 2.24) is 0 Å². The molecule has 98 valence electrons. The van der Waals surface area contributed by atoms with Gasteiger partial charge in [-0.1, -0.05) is 25.5 Å². The van der Waals surface area contributed by atoms with Crippen molar-refractivity contribution in [3.8, 4) is 5.75 Å². The van der Waals surface area contributed by atoms with Gasteiger partial charge in [-0.3, -0.25) is 0 Å². The van der Waals surface area contributed by atoms with Crippen molar-refractivity contribution in [2.75, 3.05) is 0 Å². The fraction of sp³-hybridized carbons (Fsp3) is 0.400. The Balaban J connectivity index is 2.65. The first-order valence-corrected chi connectivity index (χ1v) is 6.21. The number of hydrogen-bond acceptors (Lipinski definition) is 3. The average molecular weight is 248 g/mol. The van der Waals surface area contributed by atoms with Gasteiger partial charge in [0.1, 0.15) is 5.75 Å². The molecule has 1 rings (SSSR count). The number of hydrogen-bond donors (Lipinski definition) is 1. The molecule has 1 aromatic rings. The topological polar surface area (TPSA) is 46.5 Å². The highest BCUT2D eigenvalue weighted by molar-refractivity contribution is 5.93. The van der Waals surface area contributed by atoms with Crippen LogP contribution in [0.2, 0.25) is 0 Å². The highest BCUT2D eigenvalue weighted by atomic mass is 16.5. The third-order valence-corrected chi connectivity index (χ3v) is 2.60. The van der Waals surface area contributed by atoms with Gasteiger partial charge in [0.25, 0.3) is 0 Å². The molecule has 0 fully saturated rings. The number of carbonyl (C=O) groups excluding carboxylic acids is 1. The molecule has 0 heterocycles. The number of carbonyl (C=O) groups is 1. The van der Waals surface area contributed by atoms with Crippen molar-refractivity contribution in [1.29, 1.82) is 0 Å². The maximum absolute atomic E-state index is 11.8. The summed E-state index contributed by atoms with van der Waals surface area (Å²) in [6.45, 7) is 5.69. The Kier molecular flexibility index (Phi) is 5.43. The second-order valence-electron chi connectivity index (χ2n) is 4.42. The minimum Gasteiger partial charge on any atom is -0.508 e. The first kappa shape index (κ1) is 14.3. The van der Waals surface area contributed by atoms with Gasteiger partial charge in [-0.2, -0.15) is 0 Å². The summed E-state index contributed by atoms with van der Waals surface area (Å²) in [5, 5.41) is 9.17. The van der Waals surface area contributed by atoms with Crippen LogP contribution in [0.1, 0.15) is 39.2 Å². The molecule has 0 amide bonds. The number of phenolic OH excluding ortho intramolecular Hbond substituents is 1. The molecule has 0 spiro atoms. The van der Waals surface area contributed by atoms with Gasteiger partial charge in [0, 0.05) is 5.57 Å². The molecular weight excluding hydrogens is 228 g/mol. The molecule has 1 N–H and O–H groups in total. The van der Waals surface area contributed by atoms with Crippen LogP contribution < -0.4 is 0 Å². The van der Waals surface area contributed by atoms with E-state index in [2.05, 4.69) is 6.92 Å². The summed E-state index contributed by atoms with van der Waals surface area (Å²) in [6, 6.07) is 6.68. The van der Waals surface area contributed by atoms with Crippen molar-refractivity contribution < 1.29 is 14.6 Å². The number of phenols is 1. The van der Waals surface area contributed by atoms with E-state index in [1.54, 1.807) is 37.3 Å². The third kappa shape index (κ3) is 4.62. The minimum atomic E-state index is -0.288. The van der Waals surface area contributed by atoms with E-state index in [-0.39, 0.29) is 17.8 Å².